The van der Waals surface area contributed by atoms with E-state index in [-0.39, 0.29) is 11.4 Å². The molecule has 1 atom stereocenters. The van der Waals surface area contributed by atoms with Crippen LogP contribution in [-0.4, -0.2) is 58.0 Å². The number of morpholine rings is 1. The monoisotopic (exact) mass is 355 g/mol. The highest BCUT2D eigenvalue weighted by Crippen LogP contribution is 2.24. The van der Waals surface area contributed by atoms with E-state index in [9.17, 15) is 4.79 Å². The molecule has 1 amide bonds. The Morgan fingerprint density at radius 2 is 1.96 bits per heavy atom. The summed E-state index contributed by atoms with van der Waals surface area (Å²) in [6.45, 7) is 10.6. The van der Waals surface area contributed by atoms with E-state index in [0.29, 0.717) is 30.3 Å². The second-order valence-electron chi connectivity index (χ2n) is 6.48. The van der Waals surface area contributed by atoms with Crippen LogP contribution in [0.2, 0.25) is 0 Å². The molecule has 4 N–H and O–H groups in total. The maximum absolute atomic E-state index is 11.6. The molecule has 0 aromatic carbocycles. The van der Waals surface area contributed by atoms with Crippen molar-refractivity contribution in [3.8, 4) is 0 Å². The van der Waals surface area contributed by atoms with Crippen molar-refractivity contribution in [1.29, 1.82) is 0 Å². The first-order valence-corrected chi connectivity index (χ1v) is 8.70. The maximum atomic E-state index is 11.6. The molecule has 2 rings (SSSR count). The number of anilines is 2. The van der Waals surface area contributed by atoms with Gasteiger partial charge in [0.1, 0.15) is 0 Å². The Hall–Kier alpha value is -1.65. The van der Waals surface area contributed by atoms with Crippen molar-refractivity contribution < 1.29 is 9.53 Å². The summed E-state index contributed by atoms with van der Waals surface area (Å²) in [7, 11) is 0. The van der Waals surface area contributed by atoms with Crippen LogP contribution in [0.1, 0.15) is 27.7 Å². The quantitative estimate of drug-likeness (QED) is 0.298. The second kappa shape index (κ2) is 7.95. The van der Waals surface area contributed by atoms with E-state index < -0.39 is 5.25 Å². The van der Waals surface area contributed by atoms with Gasteiger partial charge < -0.3 is 15.0 Å². The van der Waals surface area contributed by atoms with Gasteiger partial charge in [0.15, 0.2) is 5.16 Å². The van der Waals surface area contributed by atoms with Crippen LogP contribution < -0.4 is 21.5 Å². The van der Waals surface area contributed by atoms with Crippen molar-refractivity contribution in [1.82, 2.24) is 20.4 Å². The van der Waals surface area contributed by atoms with Gasteiger partial charge in [0.25, 0.3) is 0 Å². The number of nitrogens with zero attached hydrogens (tertiary/aromatic N) is 4. The molecule has 0 radical (unpaired) electrons. The lowest BCUT2D eigenvalue weighted by Crippen LogP contribution is -2.38. The largest absolute Gasteiger partial charge is 0.378 e. The predicted octanol–water partition coefficient (Wildman–Crippen LogP) is 0.389. The minimum Gasteiger partial charge on any atom is -0.378 e. The molecule has 1 aromatic rings. The number of carbonyl (C=O) groups is 1. The summed E-state index contributed by atoms with van der Waals surface area (Å²) < 4.78 is 5.37. The molecule has 0 saturated carbocycles. The third kappa shape index (κ3) is 5.46. The normalized spacial score (nSPS) is 16.6. The van der Waals surface area contributed by atoms with Crippen LogP contribution in [0, 0.1) is 0 Å². The molecule has 10 heteroatoms. The number of hydrogen-bond acceptors (Lipinski definition) is 9. The summed E-state index contributed by atoms with van der Waals surface area (Å²) in [6, 6.07) is 0. The van der Waals surface area contributed by atoms with Gasteiger partial charge in [0, 0.05) is 18.6 Å². The highest BCUT2D eigenvalue weighted by molar-refractivity contribution is 8.00. The highest BCUT2D eigenvalue weighted by Gasteiger charge is 2.21. The molecule has 1 aliphatic heterocycles. The van der Waals surface area contributed by atoms with E-state index >= 15 is 0 Å². The summed E-state index contributed by atoms with van der Waals surface area (Å²) in [6.07, 6.45) is 0. The van der Waals surface area contributed by atoms with Crippen molar-refractivity contribution in [3.05, 3.63) is 0 Å². The topological polar surface area (TPSA) is 118 Å². The van der Waals surface area contributed by atoms with E-state index in [0.717, 1.165) is 13.1 Å². The van der Waals surface area contributed by atoms with E-state index in [1.807, 2.05) is 20.8 Å². The molecular formula is C14H25N7O2S. The number of ether oxygens (including phenoxy) is 1. The van der Waals surface area contributed by atoms with Gasteiger partial charge in [-0.2, -0.15) is 15.0 Å². The summed E-state index contributed by atoms with van der Waals surface area (Å²) in [4.78, 5) is 27.1. The van der Waals surface area contributed by atoms with Gasteiger partial charge in [-0.15, -0.1) is 0 Å². The molecule has 0 aliphatic carbocycles. The first kappa shape index (κ1) is 18.7. The van der Waals surface area contributed by atoms with Crippen LogP contribution in [0.3, 0.4) is 0 Å². The van der Waals surface area contributed by atoms with Gasteiger partial charge in [-0.3, -0.25) is 10.2 Å². The van der Waals surface area contributed by atoms with Gasteiger partial charge in [0.2, 0.25) is 17.8 Å². The fourth-order valence-electron chi connectivity index (χ4n) is 2.02. The molecule has 2 heterocycles. The summed E-state index contributed by atoms with van der Waals surface area (Å²) >= 11 is 1.24. The summed E-state index contributed by atoms with van der Waals surface area (Å²) in [5.74, 6) is 5.98. The average molecular weight is 355 g/mol. The molecule has 24 heavy (non-hydrogen) atoms. The molecule has 0 bridgehead atoms. The first-order chi connectivity index (χ1) is 11.3. The Labute approximate surface area is 146 Å². The number of nitrogens with two attached hydrogens (primary N) is 1. The number of thioether (sulfide) groups is 1. The lowest BCUT2D eigenvalue weighted by Gasteiger charge is -2.28. The van der Waals surface area contributed by atoms with Crippen molar-refractivity contribution in [2.24, 2.45) is 5.84 Å². The third-order valence-electron chi connectivity index (χ3n) is 3.18. The van der Waals surface area contributed by atoms with E-state index in [1.54, 1.807) is 6.92 Å². The molecule has 134 valence electrons. The number of amides is 1. The number of aromatic nitrogens is 3. The number of nitrogens with one attached hydrogen (secondary N) is 2. The van der Waals surface area contributed by atoms with Crippen LogP contribution >= 0.6 is 11.8 Å². The molecule has 0 spiro atoms. The third-order valence-corrected chi connectivity index (χ3v) is 4.14. The van der Waals surface area contributed by atoms with Crippen LogP contribution in [-0.2, 0) is 9.53 Å². The fourth-order valence-corrected chi connectivity index (χ4v) is 2.79. The number of rotatable bonds is 5. The van der Waals surface area contributed by atoms with E-state index in [1.165, 1.54) is 11.8 Å². The van der Waals surface area contributed by atoms with Crippen molar-refractivity contribution in [3.63, 3.8) is 0 Å². The fraction of sp³-hybridized carbons (Fsp3) is 0.714. The lowest BCUT2D eigenvalue weighted by molar-refractivity contribution is -0.120. The number of carbonyl (C=O) groups excluding carboxylic acids is 1. The van der Waals surface area contributed by atoms with Crippen molar-refractivity contribution in [2.75, 3.05) is 36.5 Å². The van der Waals surface area contributed by atoms with Crippen LogP contribution in [0.15, 0.2) is 5.16 Å². The molecule has 1 aromatic heterocycles. The molecule has 1 saturated heterocycles. The van der Waals surface area contributed by atoms with Gasteiger partial charge in [0.05, 0.1) is 18.5 Å². The van der Waals surface area contributed by atoms with Gasteiger partial charge in [-0.1, -0.05) is 11.8 Å². The zero-order chi connectivity index (χ0) is 17.7. The van der Waals surface area contributed by atoms with Gasteiger partial charge in [-0.05, 0) is 27.7 Å². The molecule has 0 unspecified atom stereocenters. The maximum Gasteiger partial charge on any atom is 0.247 e. The SMILES string of the molecule is C[C@@H](Sc1nc(NC(C)(C)C)nc(N2CCOCC2)n1)C(=O)NN. The molecule has 1 aliphatic rings. The van der Waals surface area contributed by atoms with Gasteiger partial charge >= 0.3 is 0 Å². The van der Waals surface area contributed by atoms with Gasteiger partial charge in [-0.25, -0.2) is 5.84 Å². The number of hydrazine groups is 1. The highest BCUT2D eigenvalue weighted by atomic mass is 32.2. The van der Waals surface area contributed by atoms with E-state index in [2.05, 4.69) is 30.6 Å². The average Bonchev–Trinajstić information content (AvgIpc) is 2.53. The minimum atomic E-state index is -0.405. The Bertz CT molecular complexity index is 573. The summed E-state index contributed by atoms with van der Waals surface area (Å²) in [5.41, 5.74) is 1.95. The Kier molecular flexibility index (Phi) is 6.19. The molecular weight excluding hydrogens is 330 g/mol. The Morgan fingerprint density at radius 3 is 2.54 bits per heavy atom. The zero-order valence-electron chi connectivity index (χ0n) is 14.5. The Balaban J connectivity index is 2.27. The molecule has 1 fully saturated rings. The first-order valence-electron chi connectivity index (χ1n) is 7.82. The second-order valence-corrected chi connectivity index (χ2v) is 7.79. The predicted molar refractivity (Wildman–Crippen MR) is 93.9 cm³/mol. The minimum absolute atomic E-state index is 0.189. The smallest absolute Gasteiger partial charge is 0.247 e. The van der Waals surface area contributed by atoms with E-state index in [4.69, 9.17) is 10.6 Å². The van der Waals surface area contributed by atoms with Crippen molar-refractivity contribution >= 4 is 29.6 Å². The number of hydrogen-bond donors (Lipinski definition) is 3. The Morgan fingerprint density at radius 1 is 1.29 bits per heavy atom. The van der Waals surface area contributed by atoms with Crippen molar-refractivity contribution in [2.45, 2.75) is 43.6 Å². The zero-order valence-corrected chi connectivity index (χ0v) is 15.3. The van der Waals surface area contributed by atoms with Crippen LogP contribution in [0.25, 0.3) is 0 Å². The standard InChI is InChI=1S/C14H25N7O2S/c1-9(10(22)20-15)24-13-17-11(19-14(2,3)4)16-12(18-13)21-5-7-23-8-6-21/h9H,5-8,15H2,1-4H3,(H,20,22)(H,16,17,18,19)/t9-/m1/s1. The van der Waals surface area contributed by atoms with Crippen LogP contribution in [0.5, 0.6) is 0 Å². The molecule has 9 nitrogen and oxygen atoms in total. The van der Waals surface area contributed by atoms with Crippen LogP contribution in [0.4, 0.5) is 11.9 Å². The lowest BCUT2D eigenvalue weighted by atomic mass is 10.1. The summed E-state index contributed by atoms with van der Waals surface area (Å²) in [5, 5.41) is 3.33.